The number of carbonyl (C=O) groups excluding carboxylic acids is 4. The summed E-state index contributed by atoms with van der Waals surface area (Å²) in [6, 6.07) is 14.3. The maximum Gasteiger partial charge on any atom is 0.408 e. The Hall–Kier alpha value is -4.14. The Balaban J connectivity index is 2.42. The quantitative estimate of drug-likeness (QED) is 0.303. The second-order valence-corrected chi connectivity index (χ2v) is 11.8. The number of benzene rings is 2. The molecule has 41 heavy (non-hydrogen) atoms. The van der Waals surface area contributed by atoms with Crippen molar-refractivity contribution >= 4 is 23.9 Å². The van der Waals surface area contributed by atoms with E-state index in [4.69, 9.17) is 9.47 Å². The van der Waals surface area contributed by atoms with E-state index in [0.717, 1.165) is 11.1 Å². The summed E-state index contributed by atoms with van der Waals surface area (Å²) >= 11 is 0. The van der Waals surface area contributed by atoms with Gasteiger partial charge in [-0.05, 0) is 59.6 Å². The molecule has 0 saturated heterocycles. The molecule has 9 heteroatoms. The summed E-state index contributed by atoms with van der Waals surface area (Å²) in [4.78, 5) is 54.2. The molecule has 2 aromatic rings. The van der Waals surface area contributed by atoms with Crippen LogP contribution in [-0.4, -0.2) is 59.1 Å². The Morgan fingerprint density at radius 1 is 0.902 bits per heavy atom. The summed E-state index contributed by atoms with van der Waals surface area (Å²) in [6.07, 6.45) is 0.931. The van der Waals surface area contributed by atoms with Crippen LogP contribution in [0.25, 0.3) is 0 Å². The van der Waals surface area contributed by atoms with E-state index in [-0.39, 0.29) is 13.0 Å². The lowest BCUT2D eigenvalue weighted by molar-refractivity contribution is -0.159. The summed E-state index contributed by atoms with van der Waals surface area (Å²) in [6.45, 7) is 15.7. The number of nitrogens with one attached hydrogen (secondary N) is 2. The van der Waals surface area contributed by atoms with Crippen molar-refractivity contribution in [3.63, 3.8) is 0 Å². The molecule has 0 bridgehead atoms. The summed E-state index contributed by atoms with van der Waals surface area (Å²) < 4.78 is 10.9. The van der Waals surface area contributed by atoms with E-state index >= 15 is 0 Å². The maximum absolute atomic E-state index is 14.0. The number of hydrogen-bond acceptors (Lipinski definition) is 6. The lowest BCUT2D eigenvalue weighted by atomic mass is 10.0. The Bertz CT molecular complexity index is 1200. The van der Waals surface area contributed by atoms with E-state index in [0.29, 0.717) is 5.56 Å². The molecule has 0 aliphatic carbocycles. The number of rotatable bonds is 11. The number of aryl methyl sites for hydroxylation is 1. The highest BCUT2D eigenvalue weighted by molar-refractivity contribution is 5.93. The molecule has 0 aromatic heterocycles. The highest BCUT2D eigenvalue weighted by atomic mass is 16.6. The first-order valence-corrected chi connectivity index (χ1v) is 13.6. The van der Waals surface area contributed by atoms with Crippen LogP contribution in [0.4, 0.5) is 4.79 Å². The molecule has 0 aliphatic rings. The van der Waals surface area contributed by atoms with Gasteiger partial charge in [-0.15, -0.1) is 6.58 Å². The number of alkyl carbamates (subject to hydrolysis) is 1. The van der Waals surface area contributed by atoms with E-state index in [1.54, 1.807) is 53.7 Å². The van der Waals surface area contributed by atoms with Gasteiger partial charge in [-0.2, -0.15) is 0 Å². The van der Waals surface area contributed by atoms with Crippen molar-refractivity contribution in [1.82, 2.24) is 15.5 Å². The first-order valence-electron chi connectivity index (χ1n) is 13.6. The molecule has 2 rings (SSSR count). The van der Waals surface area contributed by atoms with Crippen molar-refractivity contribution < 1.29 is 28.7 Å². The zero-order chi connectivity index (χ0) is 30.8. The molecule has 2 atom stereocenters. The molecule has 2 N–H and O–H groups in total. The Morgan fingerprint density at radius 2 is 1.49 bits per heavy atom. The summed E-state index contributed by atoms with van der Waals surface area (Å²) in [5, 5.41) is 5.29. The minimum Gasteiger partial charge on any atom is -0.458 e. The molecule has 0 fully saturated rings. The van der Waals surface area contributed by atoms with Gasteiger partial charge in [-0.1, -0.05) is 66.2 Å². The second-order valence-electron chi connectivity index (χ2n) is 11.8. The van der Waals surface area contributed by atoms with Gasteiger partial charge >= 0.3 is 12.1 Å². The zero-order valence-electron chi connectivity index (χ0n) is 25.2. The molecule has 0 aliphatic heterocycles. The van der Waals surface area contributed by atoms with Crippen LogP contribution >= 0.6 is 0 Å². The minimum atomic E-state index is -1.12. The van der Waals surface area contributed by atoms with Gasteiger partial charge in [-0.25, -0.2) is 9.59 Å². The Morgan fingerprint density at radius 3 is 2.02 bits per heavy atom. The number of nitrogens with zero attached hydrogens (tertiary/aromatic N) is 1. The van der Waals surface area contributed by atoms with Crippen LogP contribution < -0.4 is 10.6 Å². The van der Waals surface area contributed by atoms with E-state index in [9.17, 15) is 19.2 Å². The fraction of sp³-hybridized carbons (Fsp3) is 0.438. The number of esters is 1. The topological polar surface area (TPSA) is 114 Å². The minimum absolute atomic E-state index is 0.0105. The molecule has 2 aromatic carbocycles. The summed E-state index contributed by atoms with van der Waals surface area (Å²) in [5.41, 5.74) is 0.815. The third-order valence-corrected chi connectivity index (χ3v) is 5.67. The average Bonchev–Trinajstić information content (AvgIpc) is 2.86. The van der Waals surface area contributed by atoms with Crippen molar-refractivity contribution in [2.75, 3.05) is 13.1 Å². The van der Waals surface area contributed by atoms with Crippen molar-refractivity contribution in [1.29, 1.82) is 0 Å². The molecule has 0 radical (unpaired) electrons. The summed E-state index contributed by atoms with van der Waals surface area (Å²) in [5.74, 6) is -1.70. The van der Waals surface area contributed by atoms with E-state index in [2.05, 4.69) is 17.2 Å². The van der Waals surface area contributed by atoms with Gasteiger partial charge in [0.15, 0.2) is 0 Å². The molecule has 3 amide bonds. The van der Waals surface area contributed by atoms with Gasteiger partial charge in [-0.3, -0.25) is 9.59 Å². The monoisotopic (exact) mass is 565 g/mol. The molecule has 9 nitrogen and oxygen atoms in total. The standard InChI is InChI=1S/C32H43N3O6/c1-9-19-35(26(36)21-33-30(39)41-32(6,7)8)27(24-17-15-22(2)16-18-24)28(37)34-25(29(38)40-31(3,4)5)20-23-13-11-10-12-14-23/h9-18,25,27H,1,19-21H2,2-8H3,(H,33,39)(H,34,37). The van der Waals surface area contributed by atoms with Gasteiger partial charge in [0.05, 0.1) is 0 Å². The Labute approximate surface area is 243 Å². The van der Waals surface area contributed by atoms with Gasteiger partial charge in [0, 0.05) is 13.0 Å². The van der Waals surface area contributed by atoms with Gasteiger partial charge in [0.2, 0.25) is 11.8 Å². The zero-order valence-corrected chi connectivity index (χ0v) is 25.2. The number of carbonyl (C=O) groups is 4. The normalized spacial score (nSPS) is 12.9. The molecule has 222 valence electrons. The fourth-order valence-electron chi connectivity index (χ4n) is 3.94. The molecule has 0 heterocycles. The highest BCUT2D eigenvalue weighted by Gasteiger charge is 2.35. The molecular weight excluding hydrogens is 522 g/mol. The predicted octanol–water partition coefficient (Wildman–Crippen LogP) is 4.64. The van der Waals surface area contributed by atoms with Crippen LogP contribution in [0.2, 0.25) is 0 Å². The smallest absolute Gasteiger partial charge is 0.408 e. The van der Waals surface area contributed by atoms with Crippen LogP contribution in [0.1, 0.15) is 64.3 Å². The highest BCUT2D eigenvalue weighted by Crippen LogP contribution is 2.23. The number of ether oxygens (including phenoxy) is 2. The van der Waals surface area contributed by atoms with Crippen molar-refractivity contribution in [2.45, 2.75) is 78.2 Å². The van der Waals surface area contributed by atoms with E-state index < -0.39 is 53.7 Å². The van der Waals surface area contributed by atoms with Gasteiger partial charge < -0.3 is 25.0 Å². The molecule has 2 unspecified atom stereocenters. The molecule has 0 saturated carbocycles. The van der Waals surface area contributed by atoms with Crippen LogP contribution in [0.3, 0.4) is 0 Å². The largest absolute Gasteiger partial charge is 0.458 e. The third-order valence-electron chi connectivity index (χ3n) is 5.67. The third kappa shape index (κ3) is 11.5. The first-order chi connectivity index (χ1) is 19.1. The lowest BCUT2D eigenvalue weighted by Gasteiger charge is -2.32. The SMILES string of the molecule is C=CCN(C(=O)CNC(=O)OC(C)(C)C)C(C(=O)NC(Cc1ccccc1)C(=O)OC(C)(C)C)c1ccc(C)cc1. The molecule has 0 spiro atoms. The predicted molar refractivity (Wildman–Crippen MR) is 158 cm³/mol. The van der Waals surface area contributed by atoms with Crippen LogP contribution in [0.15, 0.2) is 67.3 Å². The molecular formula is C32H43N3O6. The summed E-state index contributed by atoms with van der Waals surface area (Å²) in [7, 11) is 0. The second kappa shape index (κ2) is 14.5. The maximum atomic E-state index is 14.0. The van der Waals surface area contributed by atoms with Crippen LogP contribution in [0.5, 0.6) is 0 Å². The van der Waals surface area contributed by atoms with Crippen molar-refractivity contribution in [2.24, 2.45) is 0 Å². The Kier molecular flexibility index (Phi) is 11.7. The fourth-order valence-corrected chi connectivity index (χ4v) is 3.94. The van der Waals surface area contributed by atoms with E-state index in [1.165, 1.54) is 11.0 Å². The number of hydrogen-bond donors (Lipinski definition) is 2. The van der Waals surface area contributed by atoms with Gasteiger partial charge in [0.1, 0.15) is 29.8 Å². The van der Waals surface area contributed by atoms with Crippen molar-refractivity contribution in [3.05, 3.63) is 83.9 Å². The number of amides is 3. The van der Waals surface area contributed by atoms with Crippen LogP contribution in [-0.2, 0) is 30.3 Å². The van der Waals surface area contributed by atoms with Crippen molar-refractivity contribution in [3.8, 4) is 0 Å². The lowest BCUT2D eigenvalue weighted by Crippen LogP contribution is -2.52. The van der Waals surface area contributed by atoms with E-state index in [1.807, 2.05) is 49.4 Å². The van der Waals surface area contributed by atoms with Gasteiger partial charge in [0.25, 0.3) is 0 Å². The first kappa shape index (κ1) is 33.1. The van der Waals surface area contributed by atoms with Crippen LogP contribution in [0, 0.1) is 6.92 Å². The average molecular weight is 566 g/mol.